The number of fused-ring (bicyclic) bond motifs is 1. The maximum atomic E-state index is 14.4. The van der Waals surface area contributed by atoms with Gasteiger partial charge in [-0.25, -0.2) is 0 Å². The Balaban J connectivity index is 1.56. The topological polar surface area (TPSA) is 91.3 Å². The first kappa shape index (κ1) is 34.9. The Labute approximate surface area is 270 Å². The second kappa shape index (κ2) is 17.7. The molecule has 2 aromatic rings. The van der Waals surface area contributed by atoms with E-state index in [-0.39, 0.29) is 43.0 Å². The summed E-state index contributed by atoms with van der Waals surface area (Å²) in [5, 5.41) is 13.2. The van der Waals surface area contributed by atoms with Crippen molar-refractivity contribution in [1.82, 2.24) is 9.80 Å². The van der Waals surface area contributed by atoms with Crippen LogP contribution in [0.15, 0.2) is 48.5 Å². The summed E-state index contributed by atoms with van der Waals surface area (Å²) in [5.74, 6) is 0.891. The molecule has 2 N–H and O–H groups in total. The van der Waals surface area contributed by atoms with Crippen LogP contribution in [0.5, 0.6) is 5.75 Å². The van der Waals surface area contributed by atoms with E-state index in [2.05, 4.69) is 24.2 Å². The summed E-state index contributed by atoms with van der Waals surface area (Å²) >= 11 is 0. The van der Waals surface area contributed by atoms with Crippen molar-refractivity contribution >= 4 is 17.5 Å². The van der Waals surface area contributed by atoms with E-state index >= 15 is 0 Å². The van der Waals surface area contributed by atoms with Crippen LogP contribution in [-0.2, 0) is 16.0 Å². The molecule has 8 nitrogen and oxygen atoms in total. The Morgan fingerprint density at radius 1 is 1.02 bits per heavy atom. The van der Waals surface area contributed by atoms with Gasteiger partial charge in [0.1, 0.15) is 5.75 Å². The van der Waals surface area contributed by atoms with E-state index < -0.39 is 6.04 Å². The summed E-state index contributed by atoms with van der Waals surface area (Å²) < 4.78 is 12.9. The molecule has 4 atom stereocenters. The zero-order valence-electron chi connectivity index (χ0n) is 27.9. The number of carbonyl (C=O) groups excluding carboxylic acids is 2. The Kier molecular flexibility index (Phi) is 13.7. The first-order valence-electron chi connectivity index (χ1n) is 17.1. The quantitative estimate of drug-likeness (QED) is 0.348. The lowest BCUT2D eigenvalue weighted by Gasteiger charge is -2.36. The van der Waals surface area contributed by atoms with Crippen LogP contribution in [0, 0.1) is 11.8 Å². The third-order valence-electron chi connectivity index (χ3n) is 9.33. The van der Waals surface area contributed by atoms with Gasteiger partial charge in [-0.1, -0.05) is 56.5 Å². The second-order valence-electron chi connectivity index (χ2n) is 13.4. The number of aliphatic hydroxyl groups excluding tert-OH is 1. The standard InChI is InChI=1S/C37H55N3O5/c1-27-23-40(28(2)26-41)37(43)33-22-32(38-36(42)21-30-14-7-5-8-15-30)18-19-34(33)45-29(3)13-11-12-20-44-35(27)25-39(4)24-31-16-9-6-10-17-31/h5,7-8,14-15,18-19,22,27-29,31,35,41H,6,9-13,16-17,20-21,23-26H2,1-4H3,(H,38,42)/t27-,28+,29-,35-/m0/s1. The van der Waals surface area contributed by atoms with Crippen LogP contribution in [0.2, 0.25) is 0 Å². The van der Waals surface area contributed by atoms with Gasteiger partial charge in [-0.2, -0.15) is 0 Å². The van der Waals surface area contributed by atoms with E-state index in [1.54, 1.807) is 23.1 Å². The van der Waals surface area contributed by atoms with Gasteiger partial charge < -0.3 is 29.7 Å². The van der Waals surface area contributed by atoms with Crippen molar-refractivity contribution in [2.75, 3.05) is 45.2 Å². The van der Waals surface area contributed by atoms with Crippen molar-refractivity contribution < 1.29 is 24.2 Å². The van der Waals surface area contributed by atoms with Gasteiger partial charge in [0.15, 0.2) is 0 Å². The Hall–Kier alpha value is -2.94. The monoisotopic (exact) mass is 621 g/mol. The van der Waals surface area contributed by atoms with E-state index in [1.165, 1.54) is 32.1 Å². The largest absolute Gasteiger partial charge is 0.490 e. The summed E-state index contributed by atoms with van der Waals surface area (Å²) in [5.41, 5.74) is 1.84. The van der Waals surface area contributed by atoms with Crippen LogP contribution < -0.4 is 10.1 Å². The van der Waals surface area contributed by atoms with Gasteiger partial charge >= 0.3 is 0 Å². The predicted molar refractivity (Wildman–Crippen MR) is 180 cm³/mol. The van der Waals surface area contributed by atoms with Gasteiger partial charge in [-0.05, 0) is 82.7 Å². The van der Waals surface area contributed by atoms with Crippen molar-refractivity contribution in [3.8, 4) is 5.75 Å². The van der Waals surface area contributed by atoms with Gasteiger partial charge in [0.2, 0.25) is 5.91 Å². The minimum atomic E-state index is -0.407. The molecule has 1 aliphatic heterocycles. The third-order valence-corrected chi connectivity index (χ3v) is 9.33. The van der Waals surface area contributed by atoms with Crippen LogP contribution in [0.1, 0.15) is 88.1 Å². The molecule has 0 bridgehead atoms. The number of amides is 2. The molecule has 1 aliphatic carbocycles. The first-order valence-corrected chi connectivity index (χ1v) is 17.1. The average molecular weight is 622 g/mol. The lowest BCUT2D eigenvalue weighted by Crippen LogP contribution is -2.47. The molecule has 45 heavy (non-hydrogen) atoms. The fourth-order valence-corrected chi connectivity index (χ4v) is 6.64. The number of nitrogens with zero attached hydrogens (tertiary/aromatic N) is 2. The number of hydrogen-bond acceptors (Lipinski definition) is 6. The number of ether oxygens (including phenoxy) is 2. The van der Waals surface area contributed by atoms with Crippen LogP contribution in [0.4, 0.5) is 5.69 Å². The van der Waals surface area contributed by atoms with Crippen molar-refractivity contribution in [3.63, 3.8) is 0 Å². The molecule has 1 fully saturated rings. The van der Waals surface area contributed by atoms with Crippen molar-refractivity contribution in [2.45, 2.75) is 96.8 Å². The molecule has 0 saturated heterocycles. The highest BCUT2D eigenvalue weighted by Crippen LogP contribution is 2.29. The fraction of sp³-hybridized carbons (Fsp3) is 0.622. The molecular formula is C37H55N3O5. The molecule has 2 aromatic carbocycles. The summed E-state index contributed by atoms with van der Waals surface area (Å²) in [6.07, 6.45) is 9.45. The molecule has 1 saturated carbocycles. The zero-order valence-corrected chi connectivity index (χ0v) is 27.9. The maximum Gasteiger partial charge on any atom is 0.258 e. The molecule has 248 valence electrons. The molecule has 2 aliphatic rings. The maximum absolute atomic E-state index is 14.4. The minimum Gasteiger partial charge on any atom is -0.490 e. The smallest absolute Gasteiger partial charge is 0.258 e. The average Bonchev–Trinajstić information content (AvgIpc) is 3.03. The number of rotatable bonds is 9. The summed E-state index contributed by atoms with van der Waals surface area (Å²) in [6.45, 7) is 8.86. The van der Waals surface area contributed by atoms with Crippen molar-refractivity contribution in [2.24, 2.45) is 11.8 Å². The second-order valence-corrected chi connectivity index (χ2v) is 13.4. The van der Waals surface area contributed by atoms with E-state index in [0.29, 0.717) is 30.2 Å². The Bertz CT molecular complexity index is 1200. The van der Waals surface area contributed by atoms with Crippen LogP contribution in [0.3, 0.4) is 0 Å². The van der Waals surface area contributed by atoms with Gasteiger partial charge in [0, 0.05) is 37.8 Å². The SMILES string of the molecule is C[C@H](CO)N1C[C@H](C)[C@H](CN(C)CC2CCCCC2)OCCCC[C@H](C)Oc2ccc(NC(=O)Cc3ccccc3)cc2C1=O. The number of likely N-dealkylation sites (N-methyl/N-ethyl adjacent to an activating group) is 1. The Morgan fingerprint density at radius 3 is 2.49 bits per heavy atom. The summed E-state index contributed by atoms with van der Waals surface area (Å²) in [6, 6.07) is 14.5. The van der Waals surface area contributed by atoms with E-state index in [9.17, 15) is 14.7 Å². The number of nitrogens with one attached hydrogen (secondary N) is 1. The number of benzene rings is 2. The van der Waals surface area contributed by atoms with Crippen molar-refractivity contribution in [1.29, 1.82) is 0 Å². The normalized spacial score (nSPS) is 23.1. The minimum absolute atomic E-state index is 0.0387. The zero-order chi connectivity index (χ0) is 32.2. The molecule has 0 radical (unpaired) electrons. The molecule has 0 spiro atoms. The van der Waals surface area contributed by atoms with Gasteiger partial charge in [0.05, 0.1) is 36.8 Å². The van der Waals surface area contributed by atoms with Gasteiger partial charge in [-0.3, -0.25) is 9.59 Å². The van der Waals surface area contributed by atoms with E-state index in [0.717, 1.165) is 43.8 Å². The lowest BCUT2D eigenvalue weighted by molar-refractivity contribution is -0.115. The highest BCUT2D eigenvalue weighted by molar-refractivity contribution is 6.00. The third kappa shape index (κ3) is 10.8. The number of anilines is 1. The number of aliphatic hydroxyl groups is 1. The molecular weight excluding hydrogens is 566 g/mol. The fourth-order valence-electron chi connectivity index (χ4n) is 6.64. The van der Waals surface area contributed by atoms with Gasteiger partial charge in [-0.15, -0.1) is 0 Å². The highest BCUT2D eigenvalue weighted by Gasteiger charge is 2.31. The predicted octanol–water partition coefficient (Wildman–Crippen LogP) is 6.18. The van der Waals surface area contributed by atoms with Crippen LogP contribution in [-0.4, -0.2) is 84.9 Å². The summed E-state index contributed by atoms with van der Waals surface area (Å²) in [7, 11) is 2.19. The highest BCUT2D eigenvalue weighted by atomic mass is 16.5. The first-order chi connectivity index (χ1) is 21.7. The molecule has 1 heterocycles. The molecule has 0 aromatic heterocycles. The number of hydrogen-bond donors (Lipinski definition) is 2. The summed E-state index contributed by atoms with van der Waals surface area (Å²) in [4.78, 5) is 31.4. The van der Waals surface area contributed by atoms with E-state index in [1.807, 2.05) is 44.2 Å². The van der Waals surface area contributed by atoms with Crippen LogP contribution in [0.25, 0.3) is 0 Å². The molecule has 8 heteroatoms. The molecule has 4 rings (SSSR count). The number of carbonyl (C=O) groups is 2. The lowest BCUT2D eigenvalue weighted by atomic mass is 9.89. The van der Waals surface area contributed by atoms with Crippen molar-refractivity contribution in [3.05, 3.63) is 59.7 Å². The molecule has 0 unspecified atom stereocenters. The molecule has 2 amide bonds. The van der Waals surface area contributed by atoms with Gasteiger partial charge in [0.25, 0.3) is 5.91 Å². The Morgan fingerprint density at radius 2 is 1.76 bits per heavy atom. The van der Waals surface area contributed by atoms with Crippen LogP contribution >= 0.6 is 0 Å². The van der Waals surface area contributed by atoms with E-state index in [4.69, 9.17) is 9.47 Å².